The molecule has 0 radical (unpaired) electrons. The van der Waals surface area contributed by atoms with Gasteiger partial charge in [0.2, 0.25) is 0 Å². The highest BCUT2D eigenvalue weighted by Crippen LogP contribution is 2.49. The Hall–Kier alpha value is -1.16. The van der Waals surface area contributed by atoms with Crippen LogP contribution in [0.2, 0.25) is 0 Å². The molecule has 20 heavy (non-hydrogen) atoms. The van der Waals surface area contributed by atoms with Crippen molar-refractivity contribution < 1.29 is 5.11 Å². The second-order valence-electron chi connectivity index (χ2n) is 6.92. The van der Waals surface area contributed by atoms with Crippen LogP contribution in [0.15, 0.2) is 12.4 Å². The van der Waals surface area contributed by atoms with Gasteiger partial charge in [-0.05, 0) is 31.6 Å². The molecule has 0 aromatic carbocycles. The normalized spacial score (nSPS) is 33.2. The zero-order chi connectivity index (χ0) is 13.6. The molecule has 1 aromatic rings. The Balaban J connectivity index is 1.56. The number of aromatic nitrogens is 2. The molecule has 0 bridgehead atoms. The predicted octanol–water partition coefficient (Wildman–Crippen LogP) is 2.34. The van der Waals surface area contributed by atoms with E-state index in [1.807, 2.05) is 0 Å². The average molecular weight is 273 g/mol. The van der Waals surface area contributed by atoms with E-state index in [1.54, 1.807) is 6.33 Å². The van der Waals surface area contributed by atoms with E-state index < -0.39 is 0 Å². The van der Waals surface area contributed by atoms with Crippen molar-refractivity contribution in [2.24, 2.45) is 11.3 Å². The van der Waals surface area contributed by atoms with Gasteiger partial charge in [0.15, 0.2) is 0 Å². The summed E-state index contributed by atoms with van der Waals surface area (Å²) in [5.74, 6) is 2.38. The molecular weight excluding hydrogens is 250 g/mol. The summed E-state index contributed by atoms with van der Waals surface area (Å²) < 4.78 is 0. The van der Waals surface area contributed by atoms with Crippen LogP contribution in [0.4, 0.5) is 5.82 Å². The highest BCUT2D eigenvalue weighted by Gasteiger charge is 2.49. The highest BCUT2D eigenvalue weighted by molar-refractivity contribution is 5.42. The van der Waals surface area contributed by atoms with Gasteiger partial charge in [-0.2, -0.15) is 0 Å². The second-order valence-corrected chi connectivity index (χ2v) is 6.92. The Kier molecular flexibility index (Phi) is 2.95. The fraction of sp³-hybridized carbons (Fsp3) is 0.750. The molecule has 3 fully saturated rings. The largest absolute Gasteiger partial charge is 0.396 e. The fourth-order valence-electron chi connectivity index (χ4n) is 4.31. The van der Waals surface area contributed by atoms with Crippen molar-refractivity contribution in [3.63, 3.8) is 0 Å². The maximum absolute atomic E-state index is 9.82. The number of anilines is 1. The number of nitrogens with zero attached hydrogens (tertiary/aromatic N) is 3. The predicted molar refractivity (Wildman–Crippen MR) is 77.7 cm³/mol. The van der Waals surface area contributed by atoms with E-state index in [-0.39, 0.29) is 5.41 Å². The Morgan fingerprint density at radius 1 is 1.25 bits per heavy atom. The maximum Gasteiger partial charge on any atom is 0.132 e. The Morgan fingerprint density at radius 3 is 2.85 bits per heavy atom. The molecule has 0 spiro atoms. The van der Waals surface area contributed by atoms with Crippen LogP contribution in [0.5, 0.6) is 0 Å². The molecule has 3 aliphatic rings. The fourth-order valence-corrected chi connectivity index (χ4v) is 4.31. The first-order chi connectivity index (χ1) is 9.81. The quantitative estimate of drug-likeness (QED) is 0.918. The molecule has 1 saturated heterocycles. The molecule has 108 valence electrons. The van der Waals surface area contributed by atoms with Crippen molar-refractivity contribution in [3.05, 3.63) is 18.1 Å². The molecule has 2 atom stereocenters. The molecular formula is C16H23N3O. The Morgan fingerprint density at radius 2 is 2.15 bits per heavy atom. The van der Waals surface area contributed by atoms with Crippen molar-refractivity contribution in [2.75, 3.05) is 24.6 Å². The van der Waals surface area contributed by atoms with Gasteiger partial charge in [0.25, 0.3) is 0 Å². The molecule has 2 heterocycles. The van der Waals surface area contributed by atoms with Gasteiger partial charge in [0.05, 0.1) is 6.61 Å². The lowest BCUT2D eigenvalue weighted by Gasteiger charge is -2.27. The zero-order valence-corrected chi connectivity index (χ0v) is 12.0. The molecule has 2 saturated carbocycles. The summed E-state index contributed by atoms with van der Waals surface area (Å²) in [6.45, 7) is 2.35. The lowest BCUT2D eigenvalue weighted by atomic mass is 9.82. The summed E-state index contributed by atoms with van der Waals surface area (Å²) in [5.41, 5.74) is 1.36. The minimum Gasteiger partial charge on any atom is -0.396 e. The summed E-state index contributed by atoms with van der Waals surface area (Å²) in [7, 11) is 0. The molecule has 2 unspecified atom stereocenters. The third kappa shape index (κ3) is 1.85. The van der Waals surface area contributed by atoms with Crippen LogP contribution >= 0.6 is 0 Å². The van der Waals surface area contributed by atoms with E-state index in [9.17, 15) is 5.11 Å². The van der Waals surface area contributed by atoms with Crippen LogP contribution in [0.25, 0.3) is 0 Å². The lowest BCUT2D eigenvalue weighted by molar-refractivity contribution is 0.121. The Bertz CT molecular complexity index is 502. The number of rotatable bonds is 3. The van der Waals surface area contributed by atoms with E-state index in [0.717, 1.165) is 18.9 Å². The molecule has 4 nitrogen and oxygen atoms in total. The van der Waals surface area contributed by atoms with Gasteiger partial charge in [0, 0.05) is 36.2 Å². The van der Waals surface area contributed by atoms with Crippen molar-refractivity contribution in [3.8, 4) is 0 Å². The number of aliphatic hydroxyl groups is 1. The maximum atomic E-state index is 9.82. The SMILES string of the molecule is OCC12CCCC1CN(c1cc(C3CCC3)ncn1)C2. The summed E-state index contributed by atoms with van der Waals surface area (Å²) >= 11 is 0. The van der Waals surface area contributed by atoms with Gasteiger partial charge in [-0.25, -0.2) is 9.97 Å². The van der Waals surface area contributed by atoms with Crippen LogP contribution in [0, 0.1) is 11.3 Å². The van der Waals surface area contributed by atoms with Crippen LogP contribution in [0.3, 0.4) is 0 Å². The summed E-state index contributed by atoms with van der Waals surface area (Å²) in [4.78, 5) is 11.3. The molecule has 1 aromatic heterocycles. The van der Waals surface area contributed by atoms with Gasteiger partial charge in [0.1, 0.15) is 12.1 Å². The zero-order valence-electron chi connectivity index (χ0n) is 12.0. The first-order valence-electron chi connectivity index (χ1n) is 7.98. The molecule has 4 rings (SSSR count). The summed E-state index contributed by atoms with van der Waals surface area (Å²) in [5, 5.41) is 9.82. The minimum absolute atomic E-state index is 0.140. The van der Waals surface area contributed by atoms with Crippen molar-refractivity contribution in [1.29, 1.82) is 0 Å². The van der Waals surface area contributed by atoms with Gasteiger partial charge < -0.3 is 10.0 Å². The molecule has 4 heteroatoms. The lowest BCUT2D eigenvalue weighted by Crippen LogP contribution is -2.31. The minimum atomic E-state index is 0.140. The average Bonchev–Trinajstić information content (AvgIpc) is 2.94. The van der Waals surface area contributed by atoms with Crippen LogP contribution in [0.1, 0.15) is 50.1 Å². The van der Waals surface area contributed by atoms with Gasteiger partial charge in [-0.3, -0.25) is 0 Å². The molecule has 1 aliphatic heterocycles. The van der Waals surface area contributed by atoms with E-state index >= 15 is 0 Å². The van der Waals surface area contributed by atoms with E-state index in [1.165, 1.54) is 44.2 Å². The van der Waals surface area contributed by atoms with E-state index in [2.05, 4.69) is 20.9 Å². The van der Waals surface area contributed by atoms with Crippen LogP contribution in [-0.2, 0) is 0 Å². The highest BCUT2D eigenvalue weighted by atomic mass is 16.3. The summed E-state index contributed by atoms with van der Waals surface area (Å²) in [6.07, 6.45) is 9.32. The molecule has 1 N–H and O–H groups in total. The van der Waals surface area contributed by atoms with E-state index in [4.69, 9.17) is 0 Å². The number of aliphatic hydroxyl groups excluding tert-OH is 1. The van der Waals surface area contributed by atoms with Gasteiger partial charge >= 0.3 is 0 Å². The smallest absolute Gasteiger partial charge is 0.132 e. The van der Waals surface area contributed by atoms with Gasteiger partial charge in [-0.1, -0.05) is 12.8 Å². The van der Waals surface area contributed by atoms with Crippen LogP contribution in [-0.4, -0.2) is 34.8 Å². The van der Waals surface area contributed by atoms with Crippen molar-refractivity contribution in [2.45, 2.75) is 44.4 Å². The second kappa shape index (κ2) is 4.69. The Labute approximate surface area is 120 Å². The standard InChI is InChI=1S/C16H23N3O/c20-10-16-6-2-5-13(16)8-19(9-16)15-7-14(17-11-18-15)12-3-1-4-12/h7,11-13,20H,1-6,8-10H2. The number of hydrogen-bond donors (Lipinski definition) is 1. The van der Waals surface area contributed by atoms with Crippen molar-refractivity contribution >= 4 is 5.82 Å². The molecule has 2 aliphatic carbocycles. The monoisotopic (exact) mass is 273 g/mol. The van der Waals surface area contributed by atoms with Crippen molar-refractivity contribution in [1.82, 2.24) is 9.97 Å². The third-order valence-corrected chi connectivity index (χ3v) is 5.88. The van der Waals surface area contributed by atoms with E-state index in [0.29, 0.717) is 18.4 Å². The molecule has 0 amide bonds. The first kappa shape index (κ1) is 12.6. The third-order valence-electron chi connectivity index (χ3n) is 5.88. The first-order valence-corrected chi connectivity index (χ1v) is 7.98. The number of hydrogen-bond acceptors (Lipinski definition) is 4. The van der Waals surface area contributed by atoms with Crippen LogP contribution < -0.4 is 4.90 Å². The van der Waals surface area contributed by atoms with Gasteiger partial charge in [-0.15, -0.1) is 0 Å². The topological polar surface area (TPSA) is 49.2 Å². The summed E-state index contributed by atoms with van der Waals surface area (Å²) in [6, 6.07) is 2.19. The number of fused-ring (bicyclic) bond motifs is 1.